The van der Waals surface area contributed by atoms with Gasteiger partial charge in [-0.25, -0.2) is 0 Å². The molecular formula is C21H30F2O4. The first-order valence-electron chi connectivity index (χ1n) is 9.66. The molecule has 0 aromatic heterocycles. The van der Waals surface area contributed by atoms with Crippen molar-refractivity contribution in [3.8, 4) is 0 Å². The van der Waals surface area contributed by atoms with Gasteiger partial charge >= 0.3 is 11.9 Å². The zero-order chi connectivity index (χ0) is 20.3. The van der Waals surface area contributed by atoms with Gasteiger partial charge in [-0.2, -0.15) is 8.78 Å². The van der Waals surface area contributed by atoms with Crippen molar-refractivity contribution in [1.82, 2.24) is 0 Å². The lowest BCUT2D eigenvalue weighted by atomic mass is 9.85. The number of ketones is 2. The lowest BCUT2D eigenvalue weighted by molar-refractivity contribution is -0.146. The smallest absolute Gasteiger partial charge is 0.305 e. The minimum Gasteiger partial charge on any atom is -0.469 e. The van der Waals surface area contributed by atoms with Crippen LogP contribution in [-0.2, 0) is 19.1 Å². The molecule has 27 heavy (non-hydrogen) atoms. The molecule has 0 aromatic rings. The molecule has 0 aromatic carbocycles. The molecule has 0 N–H and O–H groups in total. The number of carbonyl (C=O) groups is 3. The van der Waals surface area contributed by atoms with Gasteiger partial charge in [0.15, 0.2) is 5.78 Å². The fourth-order valence-electron chi connectivity index (χ4n) is 3.14. The molecule has 0 saturated carbocycles. The third-order valence-electron chi connectivity index (χ3n) is 4.83. The van der Waals surface area contributed by atoms with Gasteiger partial charge in [-0.15, -0.1) is 0 Å². The number of unbranched alkanes of at least 4 members (excludes halogenated alkanes) is 3. The quantitative estimate of drug-likeness (QED) is 0.259. The van der Waals surface area contributed by atoms with Crippen molar-refractivity contribution in [2.75, 3.05) is 7.11 Å². The number of halogens is 2. The minimum atomic E-state index is -3.39. The molecule has 0 unspecified atom stereocenters. The second-order valence-electron chi connectivity index (χ2n) is 7.00. The van der Waals surface area contributed by atoms with Crippen molar-refractivity contribution in [3.05, 3.63) is 24.3 Å². The zero-order valence-electron chi connectivity index (χ0n) is 16.2. The Bertz CT molecular complexity index is 567. The van der Waals surface area contributed by atoms with Gasteiger partial charge in [-0.3, -0.25) is 14.4 Å². The molecule has 2 atom stereocenters. The van der Waals surface area contributed by atoms with E-state index in [1.807, 2.05) is 13.0 Å². The average Bonchev–Trinajstić information content (AvgIpc) is 2.96. The van der Waals surface area contributed by atoms with E-state index in [2.05, 4.69) is 4.74 Å². The number of methoxy groups -OCH3 is 1. The van der Waals surface area contributed by atoms with Gasteiger partial charge < -0.3 is 4.74 Å². The van der Waals surface area contributed by atoms with Crippen molar-refractivity contribution in [1.29, 1.82) is 0 Å². The molecule has 4 nitrogen and oxygen atoms in total. The lowest BCUT2D eigenvalue weighted by Gasteiger charge is -2.22. The van der Waals surface area contributed by atoms with Gasteiger partial charge in [0.05, 0.1) is 7.11 Å². The molecule has 1 aliphatic rings. The molecule has 0 amide bonds. The minimum absolute atomic E-state index is 0.115. The van der Waals surface area contributed by atoms with E-state index in [-0.39, 0.29) is 18.2 Å². The van der Waals surface area contributed by atoms with Crippen LogP contribution in [-0.4, -0.2) is 30.6 Å². The second-order valence-corrected chi connectivity index (χ2v) is 7.00. The molecule has 0 radical (unpaired) electrons. The third kappa shape index (κ3) is 8.14. The van der Waals surface area contributed by atoms with Crippen LogP contribution < -0.4 is 0 Å². The number of esters is 1. The highest BCUT2D eigenvalue weighted by Gasteiger charge is 2.43. The number of allylic oxidation sites excluding steroid dienone is 4. The van der Waals surface area contributed by atoms with Crippen molar-refractivity contribution in [3.63, 3.8) is 0 Å². The van der Waals surface area contributed by atoms with E-state index in [1.165, 1.54) is 19.3 Å². The number of hydrogen-bond donors (Lipinski definition) is 0. The maximum Gasteiger partial charge on any atom is 0.305 e. The highest BCUT2D eigenvalue weighted by atomic mass is 19.3. The van der Waals surface area contributed by atoms with Crippen LogP contribution in [0.25, 0.3) is 0 Å². The summed E-state index contributed by atoms with van der Waals surface area (Å²) >= 11 is 0. The van der Waals surface area contributed by atoms with Crippen LogP contribution in [0.2, 0.25) is 0 Å². The Balaban J connectivity index is 2.49. The summed E-state index contributed by atoms with van der Waals surface area (Å²) in [6.45, 7) is 1.95. The highest BCUT2D eigenvalue weighted by molar-refractivity contribution is 5.95. The molecule has 6 heteroatoms. The molecule has 1 aliphatic carbocycles. The van der Waals surface area contributed by atoms with Crippen LogP contribution in [0.5, 0.6) is 0 Å². The summed E-state index contributed by atoms with van der Waals surface area (Å²) in [7, 11) is 1.33. The largest absolute Gasteiger partial charge is 0.469 e. The Kier molecular flexibility index (Phi) is 10.1. The summed E-state index contributed by atoms with van der Waals surface area (Å²) in [6, 6.07) is 0. The SMILES string of the molecule is CCCCCC(=O)C(F)(F)C[C@H]1C=CC(=O)[C@@H]1C/C=C\CCCC(=O)OC. The van der Waals surface area contributed by atoms with Crippen LogP contribution in [0.3, 0.4) is 0 Å². The van der Waals surface area contributed by atoms with E-state index < -0.39 is 30.0 Å². The van der Waals surface area contributed by atoms with E-state index in [0.717, 1.165) is 12.8 Å². The fourth-order valence-corrected chi connectivity index (χ4v) is 3.14. The fraction of sp³-hybridized carbons (Fsp3) is 0.667. The standard InChI is InChI=1S/C21H30F2O4/c1-3-4-7-11-19(25)21(22,23)15-16-13-14-18(24)17(16)10-8-5-6-9-12-20(26)27-2/h5,8,13-14,16-17H,3-4,6-7,9-12,15H2,1-2H3/b8-5-/t16-,17-/m1/s1. The van der Waals surface area contributed by atoms with Gasteiger partial charge in [-0.1, -0.05) is 38.0 Å². The number of hydrogen-bond acceptors (Lipinski definition) is 4. The highest BCUT2D eigenvalue weighted by Crippen LogP contribution is 2.36. The molecule has 152 valence electrons. The van der Waals surface area contributed by atoms with Crippen molar-refractivity contribution >= 4 is 17.5 Å². The number of Topliss-reactive ketones (excluding diaryl/α,β-unsaturated/α-hetero) is 1. The zero-order valence-corrected chi connectivity index (χ0v) is 16.2. The van der Waals surface area contributed by atoms with E-state index in [9.17, 15) is 23.2 Å². The number of alkyl halides is 2. The Labute approximate surface area is 160 Å². The molecule has 0 saturated heterocycles. The van der Waals surface area contributed by atoms with E-state index >= 15 is 0 Å². The number of rotatable bonds is 13. The molecule has 0 spiro atoms. The van der Waals surface area contributed by atoms with E-state index in [0.29, 0.717) is 32.1 Å². The third-order valence-corrected chi connectivity index (χ3v) is 4.83. The van der Waals surface area contributed by atoms with Crippen LogP contribution in [0.1, 0.15) is 64.7 Å². The molecular weight excluding hydrogens is 354 g/mol. The maximum absolute atomic E-state index is 14.2. The summed E-state index contributed by atoms with van der Waals surface area (Å²) < 4.78 is 33.0. The maximum atomic E-state index is 14.2. The van der Waals surface area contributed by atoms with Crippen molar-refractivity contribution in [2.45, 2.75) is 70.6 Å². The predicted molar refractivity (Wildman–Crippen MR) is 99.5 cm³/mol. The van der Waals surface area contributed by atoms with E-state index in [4.69, 9.17) is 0 Å². The monoisotopic (exact) mass is 384 g/mol. The van der Waals surface area contributed by atoms with E-state index in [1.54, 1.807) is 6.08 Å². The summed E-state index contributed by atoms with van der Waals surface area (Å²) in [4.78, 5) is 34.8. The average molecular weight is 384 g/mol. The normalized spacial score (nSPS) is 19.8. The number of ether oxygens (including phenoxy) is 1. The first-order valence-corrected chi connectivity index (χ1v) is 9.66. The molecule has 0 aliphatic heterocycles. The van der Waals surface area contributed by atoms with Crippen LogP contribution in [0.4, 0.5) is 8.78 Å². The topological polar surface area (TPSA) is 60.4 Å². The Hall–Kier alpha value is -1.85. The lowest BCUT2D eigenvalue weighted by Crippen LogP contribution is -2.33. The van der Waals surface area contributed by atoms with Crippen LogP contribution in [0, 0.1) is 11.8 Å². The molecule has 0 heterocycles. The Morgan fingerprint density at radius 3 is 2.59 bits per heavy atom. The second kappa shape index (κ2) is 11.8. The van der Waals surface area contributed by atoms with Gasteiger partial charge in [0.25, 0.3) is 0 Å². The van der Waals surface area contributed by atoms with Crippen molar-refractivity contribution in [2.24, 2.45) is 11.8 Å². The first kappa shape index (κ1) is 23.2. The summed E-state index contributed by atoms with van der Waals surface area (Å²) in [5.41, 5.74) is 0. The Morgan fingerprint density at radius 2 is 1.93 bits per heavy atom. The molecule has 1 rings (SSSR count). The van der Waals surface area contributed by atoms with Crippen molar-refractivity contribution < 1.29 is 27.9 Å². The van der Waals surface area contributed by atoms with Crippen LogP contribution in [0.15, 0.2) is 24.3 Å². The van der Waals surface area contributed by atoms with Gasteiger partial charge in [0.2, 0.25) is 5.78 Å². The van der Waals surface area contributed by atoms with Gasteiger partial charge in [0, 0.05) is 25.2 Å². The molecule has 0 fully saturated rings. The Morgan fingerprint density at radius 1 is 1.19 bits per heavy atom. The van der Waals surface area contributed by atoms with Gasteiger partial charge in [0.1, 0.15) is 0 Å². The molecule has 0 bridgehead atoms. The number of carbonyl (C=O) groups excluding carboxylic acids is 3. The van der Waals surface area contributed by atoms with Gasteiger partial charge in [-0.05, 0) is 37.7 Å². The predicted octanol–water partition coefficient (Wildman–Crippen LogP) is 4.82. The summed E-state index contributed by atoms with van der Waals surface area (Å²) in [6.07, 6.45) is 9.82. The summed E-state index contributed by atoms with van der Waals surface area (Å²) in [5, 5.41) is 0. The first-order chi connectivity index (χ1) is 12.8. The summed E-state index contributed by atoms with van der Waals surface area (Å²) in [5.74, 6) is -6.03. The van der Waals surface area contributed by atoms with Crippen LogP contribution >= 0.6 is 0 Å².